The van der Waals surface area contributed by atoms with Gasteiger partial charge in [-0.2, -0.15) is 0 Å². The molecule has 0 radical (unpaired) electrons. The average Bonchev–Trinajstić information content (AvgIpc) is 2.15. The third-order valence-electron chi connectivity index (χ3n) is 1.76. The quantitative estimate of drug-likeness (QED) is 0.540. The minimum Gasteiger partial charge on any atom is -0.385 e. The second-order valence-corrected chi connectivity index (χ2v) is 2.86. The third-order valence-corrected chi connectivity index (χ3v) is 1.76. The smallest absolute Gasteiger partial charge is 0.123 e. The zero-order valence-electron chi connectivity index (χ0n) is 7.59. The van der Waals surface area contributed by atoms with Crippen molar-refractivity contribution in [1.29, 1.82) is 0 Å². The van der Waals surface area contributed by atoms with Gasteiger partial charge in [0.25, 0.3) is 0 Å². The first-order chi connectivity index (χ1) is 6.33. The molecule has 0 aliphatic carbocycles. The molecule has 1 aromatic carbocycles. The van der Waals surface area contributed by atoms with Crippen LogP contribution >= 0.6 is 0 Å². The summed E-state index contributed by atoms with van der Waals surface area (Å²) in [4.78, 5) is 0. The second kappa shape index (κ2) is 5.36. The molecule has 0 saturated carbocycles. The topological polar surface area (TPSA) is 12.0 Å². The molecule has 1 rings (SSSR count). The summed E-state index contributed by atoms with van der Waals surface area (Å²) in [6.45, 7) is 4.54. The molecule has 0 saturated heterocycles. The Balaban J connectivity index is 2.28. The molecular formula is C11H14FN. The SMILES string of the molecule is C=CCCCNc1ccc(F)cc1. The Kier molecular flexibility index (Phi) is 4.03. The van der Waals surface area contributed by atoms with Gasteiger partial charge in [-0.25, -0.2) is 4.39 Å². The van der Waals surface area contributed by atoms with E-state index in [-0.39, 0.29) is 5.82 Å². The largest absolute Gasteiger partial charge is 0.385 e. The number of unbranched alkanes of at least 4 members (excludes halogenated alkanes) is 1. The van der Waals surface area contributed by atoms with Gasteiger partial charge in [0.05, 0.1) is 0 Å². The van der Waals surface area contributed by atoms with E-state index in [2.05, 4.69) is 11.9 Å². The fraction of sp³-hybridized carbons (Fsp3) is 0.273. The van der Waals surface area contributed by atoms with Gasteiger partial charge in [-0.15, -0.1) is 6.58 Å². The van der Waals surface area contributed by atoms with E-state index in [0.717, 1.165) is 25.1 Å². The van der Waals surface area contributed by atoms with Gasteiger partial charge in [0.15, 0.2) is 0 Å². The van der Waals surface area contributed by atoms with Gasteiger partial charge in [-0.05, 0) is 37.1 Å². The fourth-order valence-electron chi connectivity index (χ4n) is 1.05. The summed E-state index contributed by atoms with van der Waals surface area (Å²) in [5.74, 6) is -0.198. The highest BCUT2D eigenvalue weighted by atomic mass is 19.1. The Morgan fingerprint density at radius 2 is 2.00 bits per heavy atom. The lowest BCUT2D eigenvalue weighted by Gasteiger charge is -2.04. The molecule has 70 valence electrons. The maximum absolute atomic E-state index is 12.5. The highest BCUT2D eigenvalue weighted by molar-refractivity contribution is 5.42. The maximum atomic E-state index is 12.5. The lowest BCUT2D eigenvalue weighted by atomic mass is 10.3. The third kappa shape index (κ3) is 3.74. The monoisotopic (exact) mass is 179 g/mol. The molecule has 0 aromatic heterocycles. The van der Waals surface area contributed by atoms with Crippen LogP contribution < -0.4 is 5.32 Å². The predicted octanol–water partition coefficient (Wildman–Crippen LogP) is 3.20. The van der Waals surface area contributed by atoms with Crippen molar-refractivity contribution in [2.75, 3.05) is 11.9 Å². The van der Waals surface area contributed by atoms with Crippen molar-refractivity contribution in [1.82, 2.24) is 0 Å². The predicted molar refractivity (Wildman–Crippen MR) is 54.3 cm³/mol. The Morgan fingerprint density at radius 3 is 2.62 bits per heavy atom. The van der Waals surface area contributed by atoms with E-state index in [4.69, 9.17) is 0 Å². The molecular weight excluding hydrogens is 165 g/mol. The van der Waals surface area contributed by atoms with Gasteiger partial charge < -0.3 is 5.32 Å². The number of benzene rings is 1. The van der Waals surface area contributed by atoms with Gasteiger partial charge in [0.2, 0.25) is 0 Å². The summed E-state index contributed by atoms with van der Waals surface area (Å²) >= 11 is 0. The summed E-state index contributed by atoms with van der Waals surface area (Å²) in [5.41, 5.74) is 0.963. The summed E-state index contributed by atoms with van der Waals surface area (Å²) in [7, 11) is 0. The van der Waals surface area contributed by atoms with E-state index in [0.29, 0.717) is 0 Å². The van der Waals surface area contributed by atoms with Crippen LogP contribution in [0.2, 0.25) is 0 Å². The van der Waals surface area contributed by atoms with Crippen molar-refractivity contribution in [3.63, 3.8) is 0 Å². The Labute approximate surface area is 78.3 Å². The van der Waals surface area contributed by atoms with Crippen LogP contribution in [0.5, 0.6) is 0 Å². The molecule has 13 heavy (non-hydrogen) atoms. The molecule has 0 aliphatic heterocycles. The lowest BCUT2D eigenvalue weighted by Crippen LogP contribution is -2.00. The minimum atomic E-state index is -0.198. The number of anilines is 1. The molecule has 1 aromatic rings. The molecule has 0 atom stereocenters. The van der Waals surface area contributed by atoms with Crippen molar-refractivity contribution < 1.29 is 4.39 Å². The van der Waals surface area contributed by atoms with Gasteiger partial charge in [0.1, 0.15) is 5.82 Å². The van der Waals surface area contributed by atoms with Crippen LogP contribution in [0.3, 0.4) is 0 Å². The van der Waals surface area contributed by atoms with Gasteiger partial charge in [0, 0.05) is 12.2 Å². The molecule has 0 unspecified atom stereocenters. The number of hydrogen-bond donors (Lipinski definition) is 1. The van der Waals surface area contributed by atoms with Crippen molar-refractivity contribution >= 4 is 5.69 Å². The molecule has 0 amide bonds. The first-order valence-electron chi connectivity index (χ1n) is 4.43. The van der Waals surface area contributed by atoms with Crippen LogP contribution in [0.1, 0.15) is 12.8 Å². The van der Waals surface area contributed by atoms with Crippen molar-refractivity contribution in [3.05, 3.63) is 42.7 Å². The molecule has 2 heteroatoms. The van der Waals surface area contributed by atoms with Gasteiger partial charge in [-0.1, -0.05) is 6.08 Å². The summed E-state index contributed by atoms with van der Waals surface area (Å²) < 4.78 is 12.5. The Hall–Kier alpha value is -1.31. The van der Waals surface area contributed by atoms with Crippen LogP contribution in [0.15, 0.2) is 36.9 Å². The van der Waals surface area contributed by atoms with Gasteiger partial charge in [-0.3, -0.25) is 0 Å². The summed E-state index contributed by atoms with van der Waals surface area (Å²) in [6, 6.07) is 6.39. The molecule has 0 spiro atoms. The van der Waals surface area contributed by atoms with Crippen LogP contribution in [0.25, 0.3) is 0 Å². The normalized spacial score (nSPS) is 9.62. The van der Waals surface area contributed by atoms with E-state index >= 15 is 0 Å². The van der Waals surface area contributed by atoms with Crippen molar-refractivity contribution in [2.45, 2.75) is 12.8 Å². The molecule has 0 bridgehead atoms. The first-order valence-corrected chi connectivity index (χ1v) is 4.43. The highest BCUT2D eigenvalue weighted by Crippen LogP contribution is 2.08. The van der Waals surface area contributed by atoms with Crippen LogP contribution in [-0.4, -0.2) is 6.54 Å². The van der Waals surface area contributed by atoms with E-state index in [1.54, 1.807) is 12.1 Å². The number of rotatable bonds is 5. The number of allylic oxidation sites excluding steroid dienone is 1. The van der Waals surface area contributed by atoms with Crippen LogP contribution in [0.4, 0.5) is 10.1 Å². The lowest BCUT2D eigenvalue weighted by molar-refractivity contribution is 0.628. The molecule has 1 nitrogen and oxygen atoms in total. The summed E-state index contributed by atoms with van der Waals surface area (Å²) in [6.07, 6.45) is 3.96. The number of halogens is 1. The fourth-order valence-corrected chi connectivity index (χ4v) is 1.05. The number of nitrogens with one attached hydrogen (secondary N) is 1. The zero-order valence-corrected chi connectivity index (χ0v) is 7.59. The highest BCUT2D eigenvalue weighted by Gasteiger charge is 1.91. The molecule has 0 fully saturated rings. The Bertz CT molecular complexity index is 253. The first kappa shape index (κ1) is 9.78. The number of hydrogen-bond acceptors (Lipinski definition) is 1. The molecule has 0 heterocycles. The Morgan fingerprint density at radius 1 is 1.31 bits per heavy atom. The van der Waals surface area contributed by atoms with Gasteiger partial charge >= 0.3 is 0 Å². The van der Waals surface area contributed by atoms with Crippen LogP contribution in [0, 0.1) is 5.82 Å². The van der Waals surface area contributed by atoms with Crippen molar-refractivity contribution in [2.24, 2.45) is 0 Å². The molecule has 1 N–H and O–H groups in total. The van der Waals surface area contributed by atoms with Crippen molar-refractivity contribution in [3.8, 4) is 0 Å². The second-order valence-electron chi connectivity index (χ2n) is 2.86. The standard InChI is InChI=1S/C11H14FN/c1-2-3-4-9-13-11-7-5-10(12)6-8-11/h2,5-8,13H,1,3-4,9H2. The van der Waals surface area contributed by atoms with E-state index in [9.17, 15) is 4.39 Å². The summed E-state index contributed by atoms with van der Waals surface area (Å²) in [5, 5.41) is 3.19. The average molecular weight is 179 g/mol. The van der Waals surface area contributed by atoms with E-state index in [1.165, 1.54) is 12.1 Å². The molecule has 0 aliphatic rings. The zero-order chi connectivity index (χ0) is 9.52. The van der Waals surface area contributed by atoms with Crippen LogP contribution in [-0.2, 0) is 0 Å². The minimum absolute atomic E-state index is 0.198. The maximum Gasteiger partial charge on any atom is 0.123 e. The van der Waals surface area contributed by atoms with E-state index in [1.807, 2.05) is 6.08 Å². The van der Waals surface area contributed by atoms with E-state index < -0.39 is 0 Å².